The fraction of sp³-hybridized carbons (Fsp3) is 0.545. The number of benzene rings is 1. The number of anilines is 1. The third-order valence-corrected chi connectivity index (χ3v) is 5.57. The lowest BCUT2D eigenvalue weighted by molar-refractivity contribution is 0.0340. The fourth-order valence-corrected chi connectivity index (χ4v) is 3.74. The first-order valence-electron chi connectivity index (χ1n) is 10.7. The highest BCUT2D eigenvalue weighted by Gasteiger charge is 2.17. The van der Waals surface area contributed by atoms with Crippen molar-refractivity contribution in [3.05, 3.63) is 36.3 Å². The predicted octanol–water partition coefficient (Wildman–Crippen LogP) is 2.58. The Hall–Kier alpha value is -2.22. The molecule has 0 bridgehead atoms. The molecule has 2 N–H and O–H groups in total. The third kappa shape index (κ3) is 5.23. The Morgan fingerprint density at radius 1 is 1.17 bits per heavy atom. The molecular weight excluding hydrogens is 364 g/mol. The van der Waals surface area contributed by atoms with Gasteiger partial charge < -0.3 is 15.1 Å². The van der Waals surface area contributed by atoms with Crippen molar-refractivity contribution in [2.24, 2.45) is 5.92 Å². The van der Waals surface area contributed by atoms with E-state index < -0.39 is 0 Å². The maximum absolute atomic E-state index is 5.43. The first kappa shape index (κ1) is 20.1. The molecule has 3 heterocycles. The van der Waals surface area contributed by atoms with Crippen molar-refractivity contribution in [3.63, 3.8) is 0 Å². The van der Waals surface area contributed by atoms with E-state index in [4.69, 9.17) is 4.74 Å². The van der Waals surface area contributed by atoms with Crippen LogP contribution in [0.25, 0.3) is 16.5 Å². The molecular formula is C22H32N6O. The summed E-state index contributed by atoms with van der Waals surface area (Å²) in [4.78, 5) is 11.4. The maximum atomic E-state index is 5.43. The van der Waals surface area contributed by atoms with Crippen LogP contribution in [0.5, 0.6) is 0 Å². The van der Waals surface area contributed by atoms with Gasteiger partial charge in [-0.1, -0.05) is 19.9 Å². The number of hydrogen-bond donors (Lipinski definition) is 2. The number of nitrogens with zero attached hydrogens (tertiary/aromatic N) is 4. The molecule has 0 saturated carbocycles. The van der Waals surface area contributed by atoms with Crippen LogP contribution in [-0.2, 0) is 4.74 Å². The van der Waals surface area contributed by atoms with Crippen LogP contribution in [-0.4, -0.2) is 72.4 Å². The first-order valence-corrected chi connectivity index (χ1v) is 10.7. The molecule has 2 aliphatic rings. The second-order valence-electron chi connectivity index (χ2n) is 8.20. The van der Waals surface area contributed by atoms with Crippen LogP contribution in [0.1, 0.15) is 25.8 Å². The molecule has 0 radical (unpaired) electrons. The van der Waals surface area contributed by atoms with E-state index in [0.29, 0.717) is 5.92 Å². The van der Waals surface area contributed by atoms with Crippen LogP contribution in [0, 0.1) is 5.92 Å². The van der Waals surface area contributed by atoms with E-state index in [9.17, 15) is 0 Å². The van der Waals surface area contributed by atoms with Gasteiger partial charge in [-0.25, -0.2) is 15.4 Å². The number of fused-ring (bicyclic) bond motifs is 1. The van der Waals surface area contributed by atoms with E-state index in [1.165, 1.54) is 11.1 Å². The number of nitrogens with one attached hydrogen (secondary N) is 2. The average Bonchev–Trinajstić information content (AvgIpc) is 3.22. The summed E-state index contributed by atoms with van der Waals surface area (Å²) in [6, 6.07) is 6.47. The fourth-order valence-electron chi connectivity index (χ4n) is 3.74. The Bertz CT molecular complexity index is 846. The summed E-state index contributed by atoms with van der Waals surface area (Å²) in [7, 11) is 0. The molecule has 1 fully saturated rings. The van der Waals surface area contributed by atoms with Crippen LogP contribution in [0.3, 0.4) is 0 Å². The van der Waals surface area contributed by atoms with Crippen LogP contribution in [0.2, 0.25) is 0 Å². The van der Waals surface area contributed by atoms with Crippen LogP contribution >= 0.6 is 0 Å². The number of rotatable bonds is 8. The van der Waals surface area contributed by atoms with E-state index in [0.717, 1.165) is 75.6 Å². The second-order valence-corrected chi connectivity index (χ2v) is 8.20. The molecule has 1 saturated heterocycles. The summed E-state index contributed by atoms with van der Waals surface area (Å²) in [6.45, 7) is 12.0. The van der Waals surface area contributed by atoms with Gasteiger partial charge in [0.15, 0.2) is 0 Å². The molecule has 1 aromatic carbocycles. The van der Waals surface area contributed by atoms with Gasteiger partial charge in [-0.3, -0.25) is 4.90 Å². The largest absolute Gasteiger partial charge is 0.379 e. The van der Waals surface area contributed by atoms with Crippen molar-refractivity contribution in [2.45, 2.75) is 20.3 Å². The standard InChI is InChI=1S/C22H32N6O/c1-17(2)5-6-23-22-20-13-18(3-4-21(20)24-16-25-22)19-14-26-28(15-19)8-7-27-9-11-29-12-10-27/h3-4,13,15-17,26H,5-12,14H2,1-2H3,(H,23,24,25). The van der Waals surface area contributed by atoms with E-state index in [-0.39, 0.29) is 0 Å². The zero-order valence-electron chi connectivity index (χ0n) is 17.5. The minimum absolute atomic E-state index is 0.671. The normalized spacial score (nSPS) is 17.9. The topological polar surface area (TPSA) is 65.6 Å². The molecule has 0 amide bonds. The van der Waals surface area contributed by atoms with Crippen molar-refractivity contribution in [1.82, 2.24) is 25.3 Å². The van der Waals surface area contributed by atoms with Crippen molar-refractivity contribution in [2.75, 3.05) is 57.8 Å². The van der Waals surface area contributed by atoms with Crippen LogP contribution < -0.4 is 10.7 Å². The average molecular weight is 397 g/mol. The summed E-state index contributed by atoms with van der Waals surface area (Å²) in [5, 5.41) is 6.78. The van der Waals surface area contributed by atoms with Crippen molar-refractivity contribution < 1.29 is 4.74 Å². The van der Waals surface area contributed by atoms with Gasteiger partial charge in [-0.05, 0) is 35.6 Å². The molecule has 7 heteroatoms. The minimum Gasteiger partial charge on any atom is -0.379 e. The van der Waals surface area contributed by atoms with Crippen molar-refractivity contribution in [3.8, 4) is 0 Å². The summed E-state index contributed by atoms with van der Waals surface area (Å²) in [6.07, 6.45) is 5.00. The first-order chi connectivity index (χ1) is 14.2. The van der Waals surface area contributed by atoms with Gasteiger partial charge in [0.05, 0.1) is 18.7 Å². The predicted molar refractivity (Wildman–Crippen MR) is 117 cm³/mol. The van der Waals surface area contributed by atoms with Gasteiger partial charge in [-0.15, -0.1) is 0 Å². The number of ether oxygens (including phenoxy) is 1. The lowest BCUT2D eigenvalue weighted by atomic mass is 10.0. The van der Waals surface area contributed by atoms with Crippen molar-refractivity contribution >= 4 is 22.3 Å². The Kier molecular flexibility index (Phi) is 6.59. The highest BCUT2D eigenvalue weighted by Crippen LogP contribution is 2.26. The van der Waals surface area contributed by atoms with Crippen molar-refractivity contribution in [1.29, 1.82) is 0 Å². The Labute approximate surface area is 173 Å². The van der Waals surface area contributed by atoms with Gasteiger partial charge >= 0.3 is 0 Å². The van der Waals surface area contributed by atoms with Gasteiger partial charge in [0.1, 0.15) is 12.1 Å². The second kappa shape index (κ2) is 9.52. The lowest BCUT2D eigenvalue weighted by Crippen LogP contribution is -2.42. The van der Waals surface area contributed by atoms with Gasteiger partial charge in [0.25, 0.3) is 0 Å². The molecule has 4 rings (SSSR count). The molecule has 156 valence electrons. The number of morpholine rings is 1. The Morgan fingerprint density at radius 2 is 2.03 bits per heavy atom. The van der Waals surface area contributed by atoms with E-state index >= 15 is 0 Å². The summed E-state index contributed by atoms with van der Waals surface area (Å²) in [5.41, 5.74) is 6.99. The molecule has 0 unspecified atom stereocenters. The number of hydrogen-bond acceptors (Lipinski definition) is 7. The van der Waals surface area contributed by atoms with Gasteiger partial charge in [0.2, 0.25) is 0 Å². The van der Waals surface area contributed by atoms with Gasteiger partial charge in [0, 0.05) is 50.9 Å². The molecule has 29 heavy (non-hydrogen) atoms. The zero-order valence-corrected chi connectivity index (χ0v) is 17.5. The maximum Gasteiger partial charge on any atom is 0.137 e. The summed E-state index contributed by atoms with van der Waals surface area (Å²) < 4.78 is 5.43. The quantitative estimate of drug-likeness (QED) is 0.711. The molecule has 2 aliphatic heterocycles. The molecule has 0 atom stereocenters. The van der Waals surface area contributed by atoms with E-state index in [1.807, 2.05) is 0 Å². The summed E-state index contributed by atoms with van der Waals surface area (Å²) >= 11 is 0. The van der Waals surface area contributed by atoms with E-state index in [1.54, 1.807) is 6.33 Å². The summed E-state index contributed by atoms with van der Waals surface area (Å²) in [5.74, 6) is 1.59. The van der Waals surface area contributed by atoms with Gasteiger partial charge in [-0.2, -0.15) is 0 Å². The highest BCUT2D eigenvalue weighted by atomic mass is 16.5. The number of hydrazine groups is 1. The smallest absolute Gasteiger partial charge is 0.137 e. The van der Waals surface area contributed by atoms with Crippen LogP contribution in [0.15, 0.2) is 30.7 Å². The number of aromatic nitrogens is 2. The molecule has 2 aromatic rings. The van der Waals surface area contributed by atoms with Crippen LogP contribution in [0.4, 0.5) is 5.82 Å². The molecule has 0 aliphatic carbocycles. The Morgan fingerprint density at radius 3 is 2.86 bits per heavy atom. The van der Waals surface area contributed by atoms with E-state index in [2.05, 4.69) is 68.9 Å². The minimum atomic E-state index is 0.671. The SMILES string of the molecule is CC(C)CCNc1ncnc2ccc(C3=CN(CCN4CCOCC4)NC3)cc12. The zero-order chi connectivity index (χ0) is 20.1. The molecule has 0 spiro atoms. The molecule has 7 nitrogen and oxygen atoms in total. The third-order valence-electron chi connectivity index (χ3n) is 5.57. The Balaban J connectivity index is 1.44. The lowest BCUT2D eigenvalue weighted by Gasteiger charge is -2.28. The monoisotopic (exact) mass is 396 g/mol. The highest BCUT2D eigenvalue weighted by molar-refractivity contribution is 5.91. The molecule has 1 aromatic heterocycles.